The lowest BCUT2D eigenvalue weighted by Crippen LogP contribution is -2.13. The topological polar surface area (TPSA) is 128 Å². The Morgan fingerprint density at radius 1 is 1.21 bits per heavy atom. The number of amides is 1. The summed E-state index contributed by atoms with van der Waals surface area (Å²) in [6.45, 7) is 0. The summed E-state index contributed by atoms with van der Waals surface area (Å²) in [5.74, 6) is -1.42. The van der Waals surface area contributed by atoms with Gasteiger partial charge in [-0.25, -0.2) is 18.4 Å². The fourth-order valence-electron chi connectivity index (χ4n) is 2.78. The number of carbonyl (C=O) groups excluding carboxylic acids is 2. The first-order valence-corrected chi connectivity index (χ1v) is 9.71. The number of ether oxygens (including phenoxy) is 1. The predicted molar refractivity (Wildman–Crippen MR) is 105 cm³/mol. The van der Waals surface area contributed by atoms with Crippen molar-refractivity contribution in [1.29, 1.82) is 0 Å². The van der Waals surface area contributed by atoms with E-state index in [1.54, 1.807) is 24.3 Å². The van der Waals surface area contributed by atoms with Gasteiger partial charge in [0.2, 0.25) is 15.9 Å². The number of rotatable bonds is 5. The molecule has 1 aliphatic heterocycles. The second-order valence-electron chi connectivity index (χ2n) is 5.95. The maximum absolute atomic E-state index is 12.4. The summed E-state index contributed by atoms with van der Waals surface area (Å²) in [7, 11) is -2.50. The van der Waals surface area contributed by atoms with E-state index in [1.807, 2.05) is 0 Å². The highest BCUT2D eigenvalue weighted by Gasteiger charge is 2.30. The van der Waals surface area contributed by atoms with Crippen LogP contribution in [0.15, 0.2) is 58.4 Å². The van der Waals surface area contributed by atoms with Crippen molar-refractivity contribution in [2.75, 3.05) is 12.4 Å². The molecule has 0 fully saturated rings. The Labute approximate surface area is 161 Å². The lowest BCUT2D eigenvalue weighted by atomic mass is 9.96. The number of esters is 1. The third-order valence-corrected chi connectivity index (χ3v) is 5.06. The molecule has 9 heteroatoms. The van der Waals surface area contributed by atoms with Gasteiger partial charge in [0.15, 0.2) is 0 Å². The summed E-state index contributed by atoms with van der Waals surface area (Å²) in [6.07, 6.45) is 4.33. The average molecular weight is 399 g/mol. The van der Waals surface area contributed by atoms with Crippen molar-refractivity contribution in [3.8, 4) is 0 Å². The van der Waals surface area contributed by atoms with Crippen LogP contribution in [-0.2, 0) is 24.3 Å². The van der Waals surface area contributed by atoms with Gasteiger partial charge in [-0.05, 0) is 42.0 Å². The molecular formula is C19H17N3O5S. The number of aliphatic imine (C=N–C) groups is 1. The van der Waals surface area contributed by atoms with E-state index >= 15 is 0 Å². The van der Waals surface area contributed by atoms with E-state index < -0.39 is 21.9 Å². The number of nitrogens with one attached hydrogen (secondary N) is 1. The van der Waals surface area contributed by atoms with Gasteiger partial charge in [-0.3, -0.25) is 9.79 Å². The first kappa shape index (κ1) is 19.5. The first-order chi connectivity index (χ1) is 13.3. The molecule has 8 nitrogen and oxygen atoms in total. The van der Waals surface area contributed by atoms with Gasteiger partial charge < -0.3 is 10.1 Å². The highest BCUT2D eigenvalue weighted by molar-refractivity contribution is 7.89. The zero-order valence-corrected chi connectivity index (χ0v) is 15.6. The average Bonchev–Trinajstić information content (AvgIpc) is 2.99. The number of anilines is 1. The van der Waals surface area contributed by atoms with Crippen LogP contribution in [0.25, 0.3) is 6.08 Å². The Balaban J connectivity index is 1.91. The molecule has 0 aliphatic carbocycles. The minimum absolute atomic E-state index is 0.0226. The number of fused-ring (bicyclic) bond motifs is 1. The van der Waals surface area contributed by atoms with E-state index in [0.29, 0.717) is 22.5 Å². The van der Waals surface area contributed by atoms with Crippen LogP contribution in [0.5, 0.6) is 0 Å². The second-order valence-corrected chi connectivity index (χ2v) is 7.51. The normalized spacial score (nSPS) is 16.4. The monoisotopic (exact) mass is 399 g/mol. The number of primary sulfonamides is 1. The number of nitrogens with two attached hydrogens (primary N) is 1. The number of benzene rings is 2. The maximum Gasteiger partial charge on any atom is 0.330 e. The number of nitrogens with zero attached hydrogens (tertiary/aromatic N) is 1. The molecular weight excluding hydrogens is 382 g/mol. The third kappa shape index (κ3) is 4.16. The molecule has 0 spiro atoms. The Hall–Kier alpha value is -3.30. The summed E-state index contributed by atoms with van der Waals surface area (Å²) >= 11 is 0. The predicted octanol–water partition coefficient (Wildman–Crippen LogP) is 1.96. The summed E-state index contributed by atoms with van der Waals surface area (Å²) in [4.78, 5) is 28.0. The minimum Gasteiger partial charge on any atom is -0.466 e. The van der Waals surface area contributed by atoms with E-state index in [2.05, 4.69) is 15.0 Å². The molecule has 1 heterocycles. The van der Waals surface area contributed by atoms with Gasteiger partial charge in [0, 0.05) is 23.5 Å². The van der Waals surface area contributed by atoms with E-state index in [-0.39, 0.29) is 10.8 Å². The lowest BCUT2D eigenvalue weighted by Gasteiger charge is -2.07. The van der Waals surface area contributed by atoms with Crippen LogP contribution in [0.2, 0.25) is 0 Å². The standard InChI is InChI=1S/C19H17N3O5S/c1-27-17(23)10-5-12-3-2-4-16-18(12)15(19(24)22-16)11-21-13-6-8-14(9-7-13)28(20,25)26/h2-11,15H,1H3,(H,22,24)(H2,20,25,26). The summed E-state index contributed by atoms with van der Waals surface area (Å²) < 4.78 is 27.2. The summed E-state index contributed by atoms with van der Waals surface area (Å²) in [5, 5.41) is 7.85. The van der Waals surface area contributed by atoms with Crippen LogP contribution >= 0.6 is 0 Å². The van der Waals surface area contributed by atoms with E-state index in [9.17, 15) is 18.0 Å². The highest BCUT2D eigenvalue weighted by atomic mass is 32.2. The Kier molecular flexibility index (Phi) is 5.39. The van der Waals surface area contributed by atoms with Crippen molar-refractivity contribution in [2.45, 2.75) is 10.8 Å². The molecule has 2 aromatic rings. The molecule has 0 saturated carbocycles. The Bertz CT molecular complexity index is 1090. The number of sulfonamides is 1. The molecule has 144 valence electrons. The van der Waals surface area contributed by atoms with Crippen LogP contribution in [0.4, 0.5) is 11.4 Å². The quantitative estimate of drug-likeness (QED) is 0.451. The van der Waals surface area contributed by atoms with Crippen LogP contribution in [-0.4, -0.2) is 33.6 Å². The molecule has 3 N–H and O–H groups in total. The molecule has 2 aromatic carbocycles. The number of methoxy groups -OCH3 is 1. The molecule has 1 atom stereocenters. The number of hydrogen-bond donors (Lipinski definition) is 2. The molecule has 1 aliphatic rings. The Morgan fingerprint density at radius 3 is 2.57 bits per heavy atom. The van der Waals surface area contributed by atoms with Gasteiger partial charge in [-0.15, -0.1) is 0 Å². The molecule has 1 amide bonds. The number of carbonyl (C=O) groups is 2. The smallest absolute Gasteiger partial charge is 0.330 e. The van der Waals surface area contributed by atoms with E-state index in [0.717, 1.165) is 0 Å². The summed E-state index contributed by atoms with van der Waals surface area (Å²) in [5.41, 5.74) is 2.48. The van der Waals surface area contributed by atoms with Crippen molar-refractivity contribution >= 4 is 45.6 Å². The van der Waals surface area contributed by atoms with Crippen molar-refractivity contribution < 1.29 is 22.7 Å². The van der Waals surface area contributed by atoms with Gasteiger partial charge >= 0.3 is 5.97 Å². The molecule has 0 radical (unpaired) electrons. The maximum atomic E-state index is 12.4. The van der Waals surface area contributed by atoms with Crippen molar-refractivity contribution in [1.82, 2.24) is 0 Å². The van der Waals surface area contributed by atoms with Gasteiger partial charge in [0.25, 0.3) is 0 Å². The molecule has 0 bridgehead atoms. The third-order valence-electron chi connectivity index (χ3n) is 4.13. The zero-order valence-electron chi connectivity index (χ0n) is 14.8. The minimum atomic E-state index is -3.78. The van der Waals surface area contributed by atoms with Gasteiger partial charge in [0.1, 0.15) is 5.92 Å². The Morgan fingerprint density at radius 2 is 1.93 bits per heavy atom. The van der Waals surface area contributed by atoms with Crippen LogP contribution in [0, 0.1) is 0 Å². The van der Waals surface area contributed by atoms with E-state index in [1.165, 1.54) is 43.7 Å². The molecule has 28 heavy (non-hydrogen) atoms. The highest BCUT2D eigenvalue weighted by Crippen LogP contribution is 2.35. The second kappa shape index (κ2) is 7.75. The fourth-order valence-corrected chi connectivity index (χ4v) is 3.29. The van der Waals surface area contributed by atoms with Crippen LogP contribution < -0.4 is 10.5 Å². The van der Waals surface area contributed by atoms with Crippen LogP contribution in [0.1, 0.15) is 17.0 Å². The van der Waals surface area contributed by atoms with Crippen molar-refractivity contribution in [2.24, 2.45) is 10.1 Å². The van der Waals surface area contributed by atoms with Crippen molar-refractivity contribution in [3.63, 3.8) is 0 Å². The largest absolute Gasteiger partial charge is 0.466 e. The SMILES string of the molecule is COC(=O)C=Cc1cccc2c1C(C=Nc1ccc(S(N)(=O)=O)cc1)C(=O)N2. The first-order valence-electron chi connectivity index (χ1n) is 8.16. The zero-order chi connectivity index (χ0) is 20.3. The van der Waals surface area contributed by atoms with Gasteiger partial charge in [-0.1, -0.05) is 12.1 Å². The number of hydrogen-bond acceptors (Lipinski definition) is 6. The van der Waals surface area contributed by atoms with E-state index in [4.69, 9.17) is 5.14 Å². The van der Waals surface area contributed by atoms with Crippen molar-refractivity contribution in [3.05, 3.63) is 59.7 Å². The van der Waals surface area contributed by atoms with Crippen LogP contribution in [0.3, 0.4) is 0 Å². The molecule has 0 aromatic heterocycles. The fraction of sp³-hybridized carbons (Fsp3) is 0.105. The molecule has 1 unspecified atom stereocenters. The lowest BCUT2D eigenvalue weighted by molar-refractivity contribution is -0.134. The van der Waals surface area contributed by atoms with Gasteiger partial charge in [-0.2, -0.15) is 0 Å². The molecule has 3 rings (SSSR count). The van der Waals surface area contributed by atoms with Gasteiger partial charge in [0.05, 0.1) is 17.7 Å². The molecule has 0 saturated heterocycles. The summed E-state index contributed by atoms with van der Waals surface area (Å²) in [6, 6.07) is 11.0.